The Morgan fingerprint density at radius 3 is 2.62 bits per heavy atom. The number of aliphatic imine (C=N–C) groups is 1. The molecule has 0 aliphatic heterocycles. The van der Waals surface area contributed by atoms with Crippen molar-refractivity contribution in [3.63, 3.8) is 0 Å². The summed E-state index contributed by atoms with van der Waals surface area (Å²) in [5, 5.41) is 0. The largest absolute Gasteiger partial charge is 0.370 e. The molecule has 88 valence electrons. The van der Waals surface area contributed by atoms with Gasteiger partial charge in [0, 0.05) is 13.1 Å². The molecule has 0 atom stereocenters. The van der Waals surface area contributed by atoms with Gasteiger partial charge in [0.1, 0.15) is 5.82 Å². The third-order valence-electron chi connectivity index (χ3n) is 2.40. The summed E-state index contributed by atoms with van der Waals surface area (Å²) in [6, 6.07) is 6.40. The zero-order valence-electron chi connectivity index (χ0n) is 9.78. The quantitative estimate of drug-likeness (QED) is 0.626. The lowest BCUT2D eigenvalue weighted by Crippen LogP contribution is -2.37. The normalized spacial score (nSPS) is 11.6. The standard InChI is InChI=1S/C12H18FN3/c1-3-16(4-2)12(14)15-9-10-6-5-7-11(13)8-10/h5-8H,3-4,9H2,1-2H3,(H2,14,15). The monoisotopic (exact) mass is 223 g/mol. The summed E-state index contributed by atoms with van der Waals surface area (Å²) in [5.74, 6) is 0.267. The molecule has 0 aliphatic carbocycles. The highest BCUT2D eigenvalue weighted by molar-refractivity contribution is 5.77. The average molecular weight is 223 g/mol. The lowest BCUT2D eigenvalue weighted by molar-refractivity contribution is 0.458. The van der Waals surface area contributed by atoms with Crippen LogP contribution in [-0.4, -0.2) is 23.9 Å². The van der Waals surface area contributed by atoms with Crippen LogP contribution in [0.4, 0.5) is 4.39 Å². The van der Waals surface area contributed by atoms with Crippen LogP contribution in [0.15, 0.2) is 29.3 Å². The maximum Gasteiger partial charge on any atom is 0.191 e. The maximum atomic E-state index is 12.9. The lowest BCUT2D eigenvalue weighted by Gasteiger charge is -2.19. The molecular weight excluding hydrogens is 205 g/mol. The highest BCUT2D eigenvalue weighted by atomic mass is 19.1. The molecule has 0 unspecified atom stereocenters. The first-order chi connectivity index (χ1) is 7.67. The number of benzene rings is 1. The van der Waals surface area contributed by atoms with Gasteiger partial charge < -0.3 is 10.6 Å². The van der Waals surface area contributed by atoms with Crippen molar-refractivity contribution in [3.05, 3.63) is 35.6 Å². The molecule has 0 saturated heterocycles. The van der Waals surface area contributed by atoms with Crippen molar-refractivity contribution in [1.82, 2.24) is 4.90 Å². The van der Waals surface area contributed by atoms with Crippen LogP contribution in [0, 0.1) is 5.82 Å². The second kappa shape index (κ2) is 6.10. The first-order valence-corrected chi connectivity index (χ1v) is 5.46. The molecule has 0 saturated carbocycles. The molecule has 0 amide bonds. The highest BCUT2D eigenvalue weighted by Crippen LogP contribution is 2.04. The summed E-state index contributed by atoms with van der Waals surface area (Å²) in [6.45, 7) is 6.12. The number of halogens is 1. The summed E-state index contributed by atoms with van der Waals surface area (Å²) >= 11 is 0. The molecule has 0 bridgehead atoms. The summed E-state index contributed by atoms with van der Waals surface area (Å²) in [6.07, 6.45) is 0. The van der Waals surface area contributed by atoms with E-state index in [0.29, 0.717) is 12.5 Å². The molecule has 0 radical (unpaired) electrons. The minimum Gasteiger partial charge on any atom is -0.370 e. The van der Waals surface area contributed by atoms with E-state index in [1.54, 1.807) is 6.07 Å². The number of nitrogens with two attached hydrogens (primary N) is 1. The van der Waals surface area contributed by atoms with Crippen LogP contribution in [0.3, 0.4) is 0 Å². The summed E-state index contributed by atoms with van der Waals surface area (Å²) in [7, 11) is 0. The van der Waals surface area contributed by atoms with Gasteiger partial charge in [0.25, 0.3) is 0 Å². The van der Waals surface area contributed by atoms with E-state index in [1.807, 2.05) is 24.8 Å². The number of hydrogen-bond acceptors (Lipinski definition) is 1. The molecule has 1 rings (SSSR count). The van der Waals surface area contributed by atoms with Gasteiger partial charge in [-0.15, -0.1) is 0 Å². The zero-order valence-corrected chi connectivity index (χ0v) is 9.78. The molecule has 1 aromatic carbocycles. The first-order valence-electron chi connectivity index (χ1n) is 5.46. The van der Waals surface area contributed by atoms with E-state index >= 15 is 0 Å². The SMILES string of the molecule is CCN(CC)C(N)=NCc1cccc(F)c1. The van der Waals surface area contributed by atoms with Gasteiger partial charge in [-0.05, 0) is 31.5 Å². The molecule has 0 aliphatic rings. The van der Waals surface area contributed by atoms with Gasteiger partial charge >= 0.3 is 0 Å². The minimum absolute atomic E-state index is 0.242. The van der Waals surface area contributed by atoms with Crippen LogP contribution in [0.5, 0.6) is 0 Å². The van der Waals surface area contributed by atoms with E-state index in [0.717, 1.165) is 18.7 Å². The topological polar surface area (TPSA) is 41.6 Å². The Balaban J connectivity index is 2.65. The number of guanidine groups is 1. The Hall–Kier alpha value is -1.58. The van der Waals surface area contributed by atoms with Crippen LogP contribution < -0.4 is 5.73 Å². The number of rotatable bonds is 4. The summed E-state index contributed by atoms with van der Waals surface area (Å²) in [5.41, 5.74) is 6.64. The smallest absolute Gasteiger partial charge is 0.191 e. The average Bonchev–Trinajstić information content (AvgIpc) is 2.28. The van der Waals surface area contributed by atoms with Gasteiger partial charge in [0.05, 0.1) is 6.54 Å². The van der Waals surface area contributed by atoms with E-state index < -0.39 is 0 Å². The Bertz CT molecular complexity index is 359. The van der Waals surface area contributed by atoms with Crippen molar-refractivity contribution >= 4 is 5.96 Å². The number of hydrogen-bond donors (Lipinski definition) is 1. The second-order valence-electron chi connectivity index (χ2n) is 3.48. The van der Waals surface area contributed by atoms with Gasteiger partial charge in [0.2, 0.25) is 0 Å². The predicted molar refractivity (Wildman–Crippen MR) is 64.6 cm³/mol. The van der Waals surface area contributed by atoms with Crippen molar-refractivity contribution in [3.8, 4) is 0 Å². The molecule has 0 aromatic heterocycles. The summed E-state index contributed by atoms with van der Waals surface area (Å²) < 4.78 is 12.9. The Labute approximate surface area is 95.8 Å². The number of nitrogens with zero attached hydrogens (tertiary/aromatic N) is 2. The molecular formula is C12H18FN3. The molecule has 0 fully saturated rings. The molecule has 2 N–H and O–H groups in total. The Kier molecular flexibility index (Phi) is 4.76. The predicted octanol–water partition coefficient (Wildman–Crippen LogP) is 1.98. The van der Waals surface area contributed by atoms with Gasteiger partial charge in [-0.3, -0.25) is 0 Å². The van der Waals surface area contributed by atoms with Gasteiger partial charge in [-0.1, -0.05) is 12.1 Å². The molecule has 4 heteroatoms. The fourth-order valence-electron chi connectivity index (χ4n) is 1.46. The van der Waals surface area contributed by atoms with Gasteiger partial charge in [-0.25, -0.2) is 9.38 Å². The molecule has 0 spiro atoms. The minimum atomic E-state index is -0.242. The van der Waals surface area contributed by atoms with Crippen LogP contribution in [-0.2, 0) is 6.54 Å². The highest BCUT2D eigenvalue weighted by Gasteiger charge is 2.01. The van der Waals surface area contributed by atoms with Crippen LogP contribution in [0.2, 0.25) is 0 Å². The fraction of sp³-hybridized carbons (Fsp3) is 0.417. The van der Waals surface area contributed by atoms with Gasteiger partial charge in [-0.2, -0.15) is 0 Å². The second-order valence-corrected chi connectivity index (χ2v) is 3.48. The lowest BCUT2D eigenvalue weighted by atomic mass is 10.2. The van der Waals surface area contributed by atoms with Crippen molar-refractivity contribution < 1.29 is 4.39 Å². The van der Waals surface area contributed by atoms with Crippen molar-refractivity contribution in [1.29, 1.82) is 0 Å². The van der Waals surface area contributed by atoms with Crippen molar-refractivity contribution in [2.75, 3.05) is 13.1 Å². The van der Waals surface area contributed by atoms with E-state index in [4.69, 9.17) is 5.73 Å². The Morgan fingerprint density at radius 1 is 1.38 bits per heavy atom. The van der Waals surface area contributed by atoms with Crippen molar-refractivity contribution in [2.24, 2.45) is 10.7 Å². The third-order valence-corrected chi connectivity index (χ3v) is 2.40. The molecule has 1 aromatic rings. The van der Waals surface area contributed by atoms with E-state index in [1.165, 1.54) is 12.1 Å². The zero-order chi connectivity index (χ0) is 12.0. The Morgan fingerprint density at radius 2 is 2.06 bits per heavy atom. The molecule has 16 heavy (non-hydrogen) atoms. The fourth-order valence-corrected chi connectivity index (χ4v) is 1.46. The third kappa shape index (κ3) is 3.53. The van der Waals surface area contributed by atoms with Gasteiger partial charge in [0.15, 0.2) is 5.96 Å². The van der Waals surface area contributed by atoms with Crippen LogP contribution in [0.1, 0.15) is 19.4 Å². The van der Waals surface area contributed by atoms with Crippen molar-refractivity contribution in [2.45, 2.75) is 20.4 Å². The molecule has 0 heterocycles. The van der Waals surface area contributed by atoms with E-state index in [9.17, 15) is 4.39 Å². The van der Waals surface area contributed by atoms with Crippen LogP contribution in [0.25, 0.3) is 0 Å². The van der Waals surface area contributed by atoms with E-state index in [-0.39, 0.29) is 5.82 Å². The van der Waals surface area contributed by atoms with Crippen LogP contribution >= 0.6 is 0 Å². The first kappa shape index (κ1) is 12.5. The summed E-state index contributed by atoms with van der Waals surface area (Å²) in [4.78, 5) is 6.19. The van der Waals surface area contributed by atoms with E-state index in [2.05, 4.69) is 4.99 Å². The maximum absolute atomic E-state index is 12.9. The molecule has 3 nitrogen and oxygen atoms in total.